The minimum atomic E-state index is -0.825. The molecule has 7 heteroatoms. The third-order valence-corrected chi connectivity index (χ3v) is 3.79. The number of benzene rings is 1. The molecule has 0 aliphatic rings. The van der Waals surface area contributed by atoms with Crippen molar-refractivity contribution < 1.29 is 9.59 Å². The lowest BCUT2D eigenvalue weighted by molar-refractivity contribution is -0.126. The highest BCUT2D eigenvalue weighted by Gasteiger charge is 2.26. The number of hydrogen-bond acceptors (Lipinski definition) is 3. The molecule has 4 N–H and O–H groups in total. The van der Waals surface area contributed by atoms with Crippen molar-refractivity contribution in [2.24, 2.45) is 5.73 Å². The molecule has 0 radical (unpaired) electrons. The predicted molar refractivity (Wildman–Crippen MR) is 98.9 cm³/mol. The zero-order valence-corrected chi connectivity index (χ0v) is 15.9. The van der Waals surface area contributed by atoms with Crippen LogP contribution in [-0.4, -0.2) is 30.4 Å². The highest BCUT2D eigenvalue weighted by molar-refractivity contribution is 9.10. The summed E-state index contributed by atoms with van der Waals surface area (Å²) in [4.78, 5) is 23.8. The standard InChI is InChI=1S/C16H24BrN3O2.ClH/c1-3-8-16(2,18)15(22)20-10-5-9-19-14(21)12-6-4-7-13(17)11-12;/h4,6-7,11H,3,5,8-10,18H2,1-2H3,(H,19,21)(H,20,22);1H. The lowest BCUT2D eigenvalue weighted by Crippen LogP contribution is -2.51. The van der Waals surface area contributed by atoms with Crippen LogP contribution in [0.2, 0.25) is 0 Å². The third kappa shape index (κ3) is 7.81. The summed E-state index contributed by atoms with van der Waals surface area (Å²) in [6.07, 6.45) is 2.18. The monoisotopic (exact) mass is 405 g/mol. The van der Waals surface area contributed by atoms with Gasteiger partial charge in [0.2, 0.25) is 5.91 Å². The van der Waals surface area contributed by atoms with Crippen molar-refractivity contribution >= 4 is 40.2 Å². The van der Waals surface area contributed by atoms with Gasteiger partial charge >= 0.3 is 0 Å². The highest BCUT2D eigenvalue weighted by atomic mass is 79.9. The van der Waals surface area contributed by atoms with Crippen molar-refractivity contribution in [1.82, 2.24) is 10.6 Å². The van der Waals surface area contributed by atoms with Crippen LogP contribution < -0.4 is 16.4 Å². The Balaban J connectivity index is 0.00000484. The van der Waals surface area contributed by atoms with Gasteiger partial charge in [-0.3, -0.25) is 9.59 Å². The lowest BCUT2D eigenvalue weighted by atomic mass is 9.96. The van der Waals surface area contributed by atoms with Crippen molar-refractivity contribution in [2.45, 2.75) is 38.6 Å². The van der Waals surface area contributed by atoms with E-state index in [0.717, 1.165) is 10.9 Å². The number of amides is 2. The molecular formula is C16H25BrClN3O2. The summed E-state index contributed by atoms with van der Waals surface area (Å²) in [5.41, 5.74) is 5.72. The van der Waals surface area contributed by atoms with Crippen LogP contribution in [0.3, 0.4) is 0 Å². The Morgan fingerprint density at radius 2 is 1.91 bits per heavy atom. The maximum absolute atomic E-state index is 11.9. The van der Waals surface area contributed by atoms with E-state index in [4.69, 9.17) is 5.73 Å². The quantitative estimate of drug-likeness (QED) is 0.580. The summed E-state index contributed by atoms with van der Waals surface area (Å²) >= 11 is 3.33. The van der Waals surface area contributed by atoms with Gasteiger partial charge in [0.05, 0.1) is 5.54 Å². The van der Waals surface area contributed by atoms with E-state index in [-0.39, 0.29) is 24.2 Å². The second kappa shape index (κ2) is 10.6. The van der Waals surface area contributed by atoms with Gasteiger partial charge in [0, 0.05) is 23.1 Å². The highest BCUT2D eigenvalue weighted by Crippen LogP contribution is 2.11. The average molecular weight is 407 g/mol. The first-order valence-electron chi connectivity index (χ1n) is 7.48. The SMILES string of the molecule is CCCC(C)(N)C(=O)NCCCNC(=O)c1cccc(Br)c1.Cl. The normalized spacial score (nSPS) is 12.7. The molecule has 1 atom stereocenters. The van der Waals surface area contributed by atoms with Crippen LogP contribution in [0.4, 0.5) is 0 Å². The molecule has 0 fully saturated rings. The van der Waals surface area contributed by atoms with Gasteiger partial charge in [0.15, 0.2) is 0 Å². The smallest absolute Gasteiger partial charge is 0.251 e. The van der Waals surface area contributed by atoms with Gasteiger partial charge in [-0.1, -0.05) is 35.3 Å². The van der Waals surface area contributed by atoms with E-state index in [1.165, 1.54) is 0 Å². The largest absolute Gasteiger partial charge is 0.354 e. The molecule has 0 aromatic heterocycles. The van der Waals surface area contributed by atoms with Crippen LogP contribution in [0.1, 0.15) is 43.5 Å². The van der Waals surface area contributed by atoms with Gasteiger partial charge in [0.25, 0.3) is 5.91 Å². The molecule has 0 saturated heterocycles. The van der Waals surface area contributed by atoms with Crippen LogP contribution in [0, 0.1) is 0 Å². The predicted octanol–water partition coefficient (Wildman–Crippen LogP) is 2.62. The second-order valence-corrected chi connectivity index (χ2v) is 6.46. The molecule has 5 nitrogen and oxygen atoms in total. The van der Waals surface area contributed by atoms with Crippen LogP contribution in [0.5, 0.6) is 0 Å². The summed E-state index contributed by atoms with van der Waals surface area (Å²) in [5.74, 6) is -0.269. The van der Waals surface area contributed by atoms with Crippen LogP contribution >= 0.6 is 28.3 Å². The number of rotatable bonds is 8. The maximum atomic E-state index is 11.9. The van der Waals surface area contributed by atoms with Crippen molar-refractivity contribution in [1.29, 1.82) is 0 Å². The molecular weight excluding hydrogens is 382 g/mol. The number of carbonyl (C=O) groups is 2. The molecule has 0 spiro atoms. The first-order chi connectivity index (χ1) is 10.4. The average Bonchev–Trinajstić information content (AvgIpc) is 2.46. The summed E-state index contributed by atoms with van der Waals surface area (Å²) < 4.78 is 0.866. The van der Waals surface area contributed by atoms with E-state index in [2.05, 4.69) is 26.6 Å². The summed E-state index contributed by atoms with van der Waals surface area (Å²) in [6.45, 7) is 4.73. The fraction of sp³-hybridized carbons (Fsp3) is 0.500. The number of carbonyl (C=O) groups excluding carboxylic acids is 2. The fourth-order valence-corrected chi connectivity index (χ4v) is 2.46. The third-order valence-electron chi connectivity index (χ3n) is 3.30. The van der Waals surface area contributed by atoms with Gasteiger partial charge in [0.1, 0.15) is 0 Å². The van der Waals surface area contributed by atoms with Gasteiger partial charge < -0.3 is 16.4 Å². The molecule has 1 rings (SSSR count). The van der Waals surface area contributed by atoms with Gasteiger partial charge in [-0.05, 0) is 38.0 Å². The van der Waals surface area contributed by atoms with E-state index in [1.807, 2.05) is 19.1 Å². The molecule has 0 aliphatic carbocycles. The van der Waals surface area contributed by atoms with Crippen LogP contribution in [0.15, 0.2) is 28.7 Å². The van der Waals surface area contributed by atoms with E-state index >= 15 is 0 Å². The van der Waals surface area contributed by atoms with Crippen molar-refractivity contribution in [2.75, 3.05) is 13.1 Å². The Morgan fingerprint density at radius 1 is 1.26 bits per heavy atom. The second-order valence-electron chi connectivity index (χ2n) is 5.54. The molecule has 2 amide bonds. The summed E-state index contributed by atoms with van der Waals surface area (Å²) in [5, 5.41) is 5.63. The summed E-state index contributed by atoms with van der Waals surface area (Å²) in [7, 11) is 0. The zero-order chi connectivity index (χ0) is 16.6. The van der Waals surface area contributed by atoms with E-state index in [0.29, 0.717) is 31.5 Å². The molecule has 1 aromatic carbocycles. The molecule has 23 heavy (non-hydrogen) atoms. The Kier molecular flexibility index (Phi) is 10.1. The molecule has 130 valence electrons. The van der Waals surface area contributed by atoms with Gasteiger partial charge in [-0.25, -0.2) is 0 Å². The molecule has 0 aliphatic heterocycles. The fourth-order valence-electron chi connectivity index (χ4n) is 2.06. The zero-order valence-electron chi connectivity index (χ0n) is 13.5. The first-order valence-corrected chi connectivity index (χ1v) is 8.27. The minimum absolute atomic E-state index is 0. The summed E-state index contributed by atoms with van der Waals surface area (Å²) in [6, 6.07) is 7.20. The van der Waals surface area contributed by atoms with E-state index < -0.39 is 5.54 Å². The Labute approximate surface area is 152 Å². The van der Waals surface area contributed by atoms with Crippen molar-refractivity contribution in [3.05, 3.63) is 34.3 Å². The number of nitrogens with one attached hydrogen (secondary N) is 2. The van der Waals surface area contributed by atoms with E-state index in [9.17, 15) is 9.59 Å². The Hall–Kier alpha value is -1.11. The number of hydrogen-bond donors (Lipinski definition) is 3. The van der Waals surface area contributed by atoms with Crippen molar-refractivity contribution in [3.63, 3.8) is 0 Å². The minimum Gasteiger partial charge on any atom is -0.354 e. The topological polar surface area (TPSA) is 84.2 Å². The van der Waals surface area contributed by atoms with Gasteiger partial charge in [-0.15, -0.1) is 12.4 Å². The number of halogens is 2. The Bertz CT molecular complexity index is 524. The molecule has 0 bridgehead atoms. The molecule has 1 aromatic rings. The van der Waals surface area contributed by atoms with Gasteiger partial charge in [-0.2, -0.15) is 0 Å². The first kappa shape index (κ1) is 21.9. The molecule has 0 saturated carbocycles. The molecule has 1 unspecified atom stereocenters. The van der Waals surface area contributed by atoms with Crippen molar-refractivity contribution in [3.8, 4) is 0 Å². The van der Waals surface area contributed by atoms with Crippen LogP contribution in [-0.2, 0) is 4.79 Å². The number of nitrogens with two attached hydrogens (primary N) is 1. The molecule has 0 heterocycles. The maximum Gasteiger partial charge on any atom is 0.251 e. The van der Waals surface area contributed by atoms with E-state index in [1.54, 1.807) is 19.1 Å². The van der Waals surface area contributed by atoms with Crippen LogP contribution in [0.25, 0.3) is 0 Å². The Morgan fingerprint density at radius 3 is 2.52 bits per heavy atom. The lowest BCUT2D eigenvalue weighted by Gasteiger charge is -2.22.